The summed E-state index contributed by atoms with van der Waals surface area (Å²) >= 11 is 12.2. The van der Waals surface area contributed by atoms with Crippen LogP contribution < -0.4 is 20.0 Å². The molecule has 3 aromatic rings. The van der Waals surface area contributed by atoms with Crippen molar-refractivity contribution in [1.82, 2.24) is 9.97 Å². The Kier molecular flexibility index (Phi) is 8.64. The van der Waals surface area contributed by atoms with E-state index in [1.807, 2.05) is 36.4 Å². The zero-order valence-electron chi connectivity index (χ0n) is 20.9. The molecule has 3 heterocycles. The fourth-order valence-corrected chi connectivity index (χ4v) is 5.09. The van der Waals surface area contributed by atoms with Crippen LogP contribution in [0.2, 0.25) is 10.0 Å². The number of ether oxygens (including phenoxy) is 1. The minimum Gasteiger partial charge on any atom is -0.489 e. The van der Waals surface area contributed by atoms with Crippen molar-refractivity contribution in [3.63, 3.8) is 0 Å². The predicted molar refractivity (Wildman–Crippen MR) is 153 cm³/mol. The molecule has 5 rings (SSSR count). The van der Waals surface area contributed by atoms with Gasteiger partial charge in [-0.05, 0) is 80.5 Å². The van der Waals surface area contributed by atoms with Gasteiger partial charge in [0.2, 0.25) is 5.95 Å². The molecule has 0 atom stereocenters. The average molecular weight is 540 g/mol. The number of rotatable bonds is 8. The van der Waals surface area contributed by atoms with Crippen molar-refractivity contribution < 1.29 is 4.74 Å². The molecule has 7 nitrogen and oxygen atoms in total. The van der Waals surface area contributed by atoms with Gasteiger partial charge >= 0.3 is 0 Å². The number of benzene rings is 2. The van der Waals surface area contributed by atoms with Gasteiger partial charge in [-0.25, -0.2) is 0 Å². The van der Waals surface area contributed by atoms with Crippen LogP contribution in [0.4, 0.5) is 17.6 Å². The maximum absolute atomic E-state index is 6.23. The normalized spacial score (nSPS) is 16.3. The van der Waals surface area contributed by atoms with Crippen LogP contribution in [0.3, 0.4) is 0 Å². The Morgan fingerprint density at radius 3 is 2.24 bits per heavy atom. The molecular weight excluding hydrogens is 507 g/mol. The molecule has 2 aliphatic heterocycles. The third kappa shape index (κ3) is 7.05. The van der Waals surface area contributed by atoms with Crippen LogP contribution in [0.15, 0.2) is 53.6 Å². The van der Waals surface area contributed by atoms with Crippen molar-refractivity contribution in [3.05, 3.63) is 69.7 Å². The lowest BCUT2D eigenvalue weighted by Gasteiger charge is -2.31. The summed E-state index contributed by atoms with van der Waals surface area (Å²) in [7, 11) is 0. The van der Waals surface area contributed by atoms with Crippen molar-refractivity contribution in [2.75, 3.05) is 41.4 Å². The molecule has 0 aliphatic carbocycles. The lowest BCUT2D eigenvalue weighted by molar-refractivity contribution is 0.306. The standard InChI is InChI=1S/C28H32Cl2N6O/c29-23-10-9-22(25(30)17-23)20-37-24-11-7-21(8-12-24)19-31-34-26-18-27(35-13-3-1-4-14-35)33-28(32-26)36-15-5-2-6-16-36/h7-12,17-19H,1-6,13-16,20H2,(H,32,33,34)/b31-19-. The molecule has 0 amide bonds. The highest BCUT2D eigenvalue weighted by atomic mass is 35.5. The smallest absolute Gasteiger partial charge is 0.229 e. The topological polar surface area (TPSA) is 65.9 Å². The maximum Gasteiger partial charge on any atom is 0.229 e. The monoisotopic (exact) mass is 538 g/mol. The molecule has 2 saturated heterocycles. The summed E-state index contributed by atoms with van der Waals surface area (Å²) in [4.78, 5) is 14.4. The van der Waals surface area contributed by atoms with Gasteiger partial charge in [-0.15, -0.1) is 0 Å². The van der Waals surface area contributed by atoms with Gasteiger partial charge in [0.15, 0.2) is 5.82 Å². The van der Waals surface area contributed by atoms with E-state index in [0.717, 1.165) is 54.8 Å². The number of aromatic nitrogens is 2. The third-order valence-electron chi connectivity index (χ3n) is 6.70. The van der Waals surface area contributed by atoms with E-state index in [9.17, 15) is 0 Å². The number of anilines is 3. The predicted octanol–water partition coefficient (Wildman–Crippen LogP) is 6.79. The molecule has 2 aliphatic rings. The minimum atomic E-state index is 0.372. The number of hydrazone groups is 1. The maximum atomic E-state index is 6.23. The fourth-order valence-electron chi connectivity index (χ4n) is 4.62. The quantitative estimate of drug-likeness (QED) is 0.251. The minimum absolute atomic E-state index is 0.372. The molecule has 0 unspecified atom stereocenters. The Balaban J connectivity index is 1.23. The summed E-state index contributed by atoms with van der Waals surface area (Å²) in [6.07, 6.45) is 9.12. The molecule has 1 N–H and O–H groups in total. The van der Waals surface area contributed by atoms with Crippen molar-refractivity contribution in [2.45, 2.75) is 45.1 Å². The summed E-state index contributed by atoms with van der Waals surface area (Å²) in [5.41, 5.74) is 4.97. The Morgan fingerprint density at radius 2 is 1.54 bits per heavy atom. The second kappa shape index (κ2) is 12.5. The summed E-state index contributed by atoms with van der Waals surface area (Å²) in [6.45, 7) is 4.46. The molecule has 0 saturated carbocycles. The Bertz CT molecular complexity index is 1170. The molecular formula is C28H32Cl2N6O. The lowest BCUT2D eigenvalue weighted by Crippen LogP contribution is -2.33. The number of nitrogens with one attached hydrogen (secondary N) is 1. The summed E-state index contributed by atoms with van der Waals surface area (Å²) in [6, 6.07) is 15.2. The molecule has 0 radical (unpaired) electrons. The molecule has 2 aromatic carbocycles. The van der Waals surface area contributed by atoms with E-state index < -0.39 is 0 Å². The SMILES string of the molecule is Clc1ccc(COc2ccc(/C=N\Nc3cc(N4CCCCC4)nc(N4CCCCC4)n3)cc2)c(Cl)c1. The van der Waals surface area contributed by atoms with Gasteiger partial charge in [0.05, 0.1) is 6.21 Å². The van der Waals surface area contributed by atoms with E-state index >= 15 is 0 Å². The van der Waals surface area contributed by atoms with E-state index in [1.54, 1.807) is 18.3 Å². The van der Waals surface area contributed by atoms with Gasteiger partial charge < -0.3 is 14.5 Å². The first kappa shape index (κ1) is 25.6. The summed E-state index contributed by atoms with van der Waals surface area (Å²) < 4.78 is 5.87. The first-order valence-electron chi connectivity index (χ1n) is 13.0. The van der Waals surface area contributed by atoms with E-state index in [4.69, 9.17) is 37.9 Å². The third-order valence-corrected chi connectivity index (χ3v) is 7.29. The first-order valence-corrected chi connectivity index (χ1v) is 13.7. The zero-order valence-corrected chi connectivity index (χ0v) is 22.4. The van der Waals surface area contributed by atoms with Gasteiger partial charge in [-0.1, -0.05) is 29.3 Å². The Hall–Kier alpha value is -3.03. The highest BCUT2D eigenvalue weighted by Crippen LogP contribution is 2.26. The Labute approximate surface area is 228 Å². The number of piperidine rings is 2. The van der Waals surface area contributed by atoms with Crippen LogP contribution >= 0.6 is 23.2 Å². The van der Waals surface area contributed by atoms with Crippen LogP contribution in [-0.2, 0) is 6.61 Å². The number of halogens is 2. The largest absolute Gasteiger partial charge is 0.489 e. The fraction of sp³-hybridized carbons (Fsp3) is 0.393. The first-order chi connectivity index (χ1) is 18.1. The molecule has 0 spiro atoms. The summed E-state index contributed by atoms with van der Waals surface area (Å²) in [5.74, 6) is 3.24. The van der Waals surface area contributed by atoms with Crippen molar-refractivity contribution in [1.29, 1.82) is 0 Å². The molecule has 37 heavy (non-hydrogen) atoms. The lowest BCUT2D eigenvalue weighted by atomic mass is 10.1. The number of nitrogens with zero attached hydrogens (tertiary/aromatic N) is 5. The van der Waals surface area contributed by atoms with Gasteiger partial charge in [0, 0.05) is 47.9 Å². The van der Waals surface area contributed by atoms with E-state index in [1.165, 1.54) is 38.5 Å². The molecule has 0 bridgehead atoms. The number of hydrogen-bond acceptors (Lipinski definition) is 7. The van der Waals surface area contributed by atoms with E-state index in [0.29, 0.717) is 22.5 Å². The van der Waals surface area contributed by atoms with Crippen LogP contribution in [0.1, 0.15) is 49.7 Å². The van der Waals surface area contributed by atoms with Crippen molar-refractivity contribution in [3.8, 4) is 5.75 Å². The Morgan fingerprint density at radius 1 is 0.838 bits per heavy atom. The van der Waals surface area contributed by atoms with Gasteiger partial charge in [-0.3, -0.25) is 5.43 Å². The second-order valence-electron chi connectivity index (χ2n) is 9.47. The second-order valence-corrected chi connectivity index (χ2v) is 10.3. The highest BCUT2D eigenvalue weighted by Gasteiger charge is 2.19. The van der Waals surface area contributed by atoms with Gasteiger partial charge in [-0.2, -0.15) is 15.1 Å². The number of hydrogen-bond donors (Lipinski definition) is 1. The van der Waals surface area contributed by atoms with Crippen molar-refractivity contribution in [2.24, 2.45) is 5.10 Å². The zero-order chi connectivity index (χ0) is 25.5. The summed E-state index contributed by atoms with van der Waals surface area (Å²) in [5, 5.41) is 5.66. The molecule has 2 fully saturated rings. The van der Waals surface area contributed by atoms with Gasteiger partial charge in [0.1, 0.15) is 18.2 Å². The van der Waals surface area contributed by atoms with Crippen LogP contribution in [0.25, 0.3) is 0 Å². The molecule has 1 aromatic heterocycles. The van der Waals surface area contributed by atoms with Gasteiger partial charge in [0.25, 0.3) is 0 Å². The molecule has 194 valence electrons. The highest BCUT2D eigenvalue weighted by molar-refractivity contribution is 6.35. The molecule has 9 heteroatoms. The van der Waals surface area contributed by atoms with Crippen LogP contribution in [-0.4, -0.2) is 42.4 Å². The average Bonchev–Trinajstić information content (AvgIpc) is 2.94. The van der Waals surface area contributed by atoms with E-state index in [2.05, 4.69) is 20.3 Å². The van der Waals surface area contributed by atoms with Crippen LogP contribution in [0.5, 0.6) is 5.75 Å². The van der Waals surface area contributed by atoms with E-state index in [-0.39, 0.29) is 0 Å². The van der Waals surface area contributed by atoms with Crippen LogP contribution in [0, 0.1) is 0 Å². The van der Waals surface area contributed by atoms with Crippen molar-refractivity contribution >= 4 is 47.0 Å².